The van der Waals surface area contributed by atoms with Crippen LogP contribution in [0.25, 0.3) is 5.57 Å². The summed E-state index contributed by atoms with van der Waals surface area (Å²) in [6, 6.07) is 0. The van der Waals surface area contributed by atoms with Gasteiger partial charge in [-0.25, -0.2) is 9.78 Å². The van der Waals surface area contributed by atoms with Crippen LogP contribution in [0.2, 0.25) is 0 Å². The van der Waals surface area contributed by atoms with Crippen LogP contribution in [0.15, 0.2) is 11.5 Å². The molecule has 1 aromatic rings. The highest BCUT2D eigenvalue weighted by Crippen LogP contribution is 2.21. The van der Waals surface area contributed by atoms with Crippen molar-refractivity contribution in [2.75, 3.05) is 11.9 Å². The summed E-state index contributed by atoms with van der Waals surface area (Å²) in [5.74, 6) is -0.891. The van der Waals surface area contributed by atoms with Gasteiger partial charge in [-0.05, 0) is 18.9 Å². The molecule has 1 aromatic heterocycles. The third kappa shape index (κ3) is 5.83. The number of nitrogens with one attached hydrogen (secondary N) is 1. The lowest BCUT2D eigenvalue weighted by molar-refractivity contribution is -0.135. The van der Waals surface area contributed by atoms with E-state index in [0.717, 1.165) is 18.4 Å². The van der Waals surface area contributed by atoms with E-state index in [2.05, 4.69) is 10.3 Å². The van der Waals surface area contributed by atoms with E-state index in [1.807, 2.05) is 6.92 Å². The first-order valence-electron chi connectivity index (χ1n) is 6.31. The number of anilines is 1. The molecule has 0 unspecified atom stereocenters. The van der Waals surface area contributed by atoms with Crippen LogP contribution in [0.4, 0.5) is 9.93 Å². The number of aliphatic carboxylic acids is 1. The smallest absolute Gasteiger partial charge is 0.413 e. The molecule has 0 bridgehead atoms. The molecule has 0 radical (unpaired) electrons. The van der Waals surface area contributed by atoms with E-state index in [0.29, 0.717) is 17.4 Å². The highest BCUT2D eigenvalue weighted by Gasteiger charge is 2.08. The Kier molecular flexibility index (Phi) is 6.72. The standard InChI is InChI=1S/C13H18N2O4S/c1-3-4-7-19-13(18)15-12-14-10(8-20-12)9(2)5-6-11(16)17/h5,8H,3-4,6-7H2,1-2H3,(H,16,17)(H,14,15,18). The molecule has 7 heteroatoms. The molecular weight excluding hydrogens is 280 g/mol. The predicted molar refractivity (Wildman–Crippen MR) is 77.9 cm³/mol. The van der Waals surface area contributed by atoms with E-state index >= 15 is 0 Å². The number of aromatic nitrogens is 1. The third-order valence-corrected chi connectivity index (χ3v) is 3.19. The first-order chi connectivity index (χ1) is 9.52. The van der Waals surface area contributed by atoms with E-state index < -0.39 is 12.1 Å². The van der Waals surface area contributed by atoms with Gasteiger partial charge in [-0.15, -0.1) is 11.3 Å². The number of hydrogen-bond acceptors (Lipinski definition) is 5. The van der Waals surface area contributed by atoms with E-state index in [1.54, 1.807) is 18.4 Å². The van der Waals surface area contributed by atoms with Gasteiger partial charge in [0.15, 0.2) is 5.13 Å². The van der Waals surface area contributed by atoms with Crippen LogP contribution in [-0.4, -0.2) is 28.8 Å². The van der Waals surface area contributed by atoms with Crippen LogP contribution in [0.1, 0.15) is 38.8 Å². The number of carbonyl (C=O) groups excluding carboxylic acids is 1. The topological polar surface area (TPSA) is 88.5 Å². The minimum absolute atomic E-state index is 0.0504. The minimum atomic E-state index is -0.891. The van der Waals surface area contributed by atoms with Gasteiger partial charge in [-0.2, -0.15) is 0 Å². The molecule has 0 spiro atoms. The number of nitrogens with zero attached hydrogens (tertiary/aromatic N) is 1. The number of ether oxygens (including phenoxy) is 1. The van der Waals surface area contributed by atoms with Gasteiger partial charge in [0.1, 0.15) is 0 Å². The van der Waals surface area contributed by atoms with Crippen LogP contribution in [0, 0.1) is 0 Å². The molecule has 0 aliphatic heterocycles. The molecule has 6 nitrogen and oxygen atoms in total. The van der Waals surface area contributed by atoms with Crippen LogP contribution in [0.3, 0.4) is 0 Å². The molecule has 20 heavy (non-hydrogen) atoms. The van der Waals surface area contributed by atoms with Crippen LogP contribution >= 0.6 is 11.3 Å². The lowest BCUT2D eigenvalue weighted by Crippen LogP contribution is -2.14. The van der Waals surface area contributed by atoms with E-state index in [-0.39, 0.29) is 6.42 Å². The zero-order valence-corrected chi connectivity index (χ0v) is 12.3. The Labute approximate surface area is 121 Å². The number of unbranched alkanes of at least 4 members (excludes halogenated alkanes) is 1. The van der Waals surface area contributed by atoms with Crippen molar-refractivity contribution in [1.82, 2.24) is 4.98 Å². The van der Waals surface area contributed by atoms with Gasteiger partial charge in [0.05, 0.1) is 18.7 Å². The van der Waals surface area contributed by atoms with Gasteiger partial charge in [0, 0.05) is 5.38 Å². The lowest BCUT2D eigenvalue weighted by atomic mass is 10.2. The summed E-state index contributed by atoms with van der Waals surface area (Å²) < 4.78 is 4.96. The van der Waals surface area contributed by atoms with Crippen LogP contribution in [-0.2, 0) is 9.53 Å². The molecule has 0 aliphatic rings. The highest BCUT2D eigenvalue weighted by atomic mass is 32.1. The fraction of sp³-hybridized carbons (Fsp3) is 0.462. The number of carbonyl (C=O) groups is 2. The second-order valence-electron chi connectivity index (χ2n) is 4.14. The van der Waals surface area contributed by atoms with Gasteiger partial charge >= 0.3 is 12.1 Å². The fourth-order valence-corrected chi connectivity index (χ4v) is 2.05. The van der Waals surface area contributed by atoms with Crippen molar-refractivity contribution >= 4 is 34.1 Å². The molecule has 110 valence electrons. The Morgan fingerprint density at radius 2 is 2.30 bits per heavy atom. The number of amides is 1. The normalized spacial score (nSPS) is 11.2. The van der Waals surface area contributed by atoms with Gasteiger partial charge in [0.2, 0.25) is 0 Å². The molecule has 1 amide bonds. The number of allylic oxidation sites excluding steroid dienone is 1. The maximum atomic E-state index is 11.4. The highest BCUT2D eigenvalue weighted by molar-refractivity contribution is 7.14. The Hall–Kier alpha value is -1.89. The van der Waals surface area contributed by atoms with Crippen molar-refractivity contribution in [2.45, 2.75) is 33.1 Å². The molecule has 0 aromatic carbocycles. The summed E-state index contributed by atoms with van der Waals surface area (Å²) in [5, 5.41) is 13.3. The number of thiazole rings is 1. The monoisotopic (exact) mass is 298 g/mol. The average Bonchev–Trinajstić information content (AvgIpc) is 2.84. The average molecular weight is 298 g/mol. The van der Waals surface area contributed by atoms with Gasteiger partial charge in [-0.3, -0.25) is 10.1 Å². The molecule has 0 atom stereocenters. The zero-order valence-electron chi connectivity index (χ0n) is 11.5. The Bertz CT molecular complexity index is 496. The summed E-state index contributed by atoms with van der Waals surface area (Å²) in [6.45, 7) is 4.18. The Morgan fingerprint density at radius 3 is 2.95 bits per heavy atom. The summed E-state index contributed by atoms with van der Waals surface area (Å²) in [7, 11) is 0. The van der Waals surface area contributed by atoms with Crippen LogP contribution in [0.5, 0.6) is 0 Å². The number of hydrogen-bond donors (Lipinski definition) is 2. The second-order valence-corrected chi connectivity index (χ2v) is 5.00. The van der Waals surface area contributed by atoms with Crippen molar-refractivity contribution in [2.24, 2.45) is 0 Å². The predicted octanol–water partition coefficient (Wildman–Crippen LogP) is 3.37. The zero-order chi connectivity index (χ0) is 15.0. The lowest BCUT2D eigenvalue weighted by Gasteiger charge is -2.03. The Balaban J connectivity index is 2.52. The first kappa shape index (κ1) is 16.2. The molecule has 0 fully saturated rings. The molecule has 0 saturated heterocycles. The molecule has 0 saturated carbocycles. The van der Waals surface area contributed by atoms with Crippen molar-refractivity contribution < 1.29 is 19.4 Å². The molecule has 1 rings (SSSR count). The maximum absolute atomic E-state index is 11.4. The van der Waals surface area contributed by atoms with Gasteiger partial charge < -0.3 is 9.84 Å². The number of carboxylic acids is 1. The van der Waals surface area contributed by atoms with Crippen molar-refractivity contribution in [3.05, 3.63) is 17.2 Å². The number of rotatable bonds is 7. The summed E-state index contributed by atoms with van der Waals surface area (Å²) >= 11 is 1.27. The van der Waals surface area contributed by atoms with E-state index in [1.165, 1.54) is 11.3 Å². The quantitative estimate of drug-likeness (QED) is 0.753. The molecular formula is C13H18N2O4S. The van der Waals surface area contributed by atoms with E-state index in [4.69, 9.17) is 9.84 Å². The van der Waals surface area contributed by atoms with Crippen molar-refractivity contribution in [3.63, 3.8) is 0 Å². The SMILES string of the molecule is CCCCOC(=O)Nc1nc(C(C)=CCC(=O)O)cs1. The Morgan fingerprint density at radius 1 is 1.55 bits per heavy atom. The third-order valence-electron chi connectivity index (χ3n) is 2.43. The number of carboxylic acid groups (broad SMARTS) is 1. The minimum Gasteiger partial charge on any atom is -0.481 e. The summed E-state index contributed by atoms with van der Waals surface area (Å²) in [6.07, 6.45) is 2.80. The van der Waals surface area contributed by atoms with Crippen molar-refractivity contribution in [1.29, 1.82) is 0 Å². The van der Waals surface area contributed by atoms with Crippen molar-refractivity contribution in [3.8, 4) is 0 Å². The largest absolute Gasteiger partial charge is 0.481 e. The maximum Gasteiger partial charge on any atom is 0.413 e. The fourth-order valence-electron chi connectivity index (χ4n) is 1.29. The molecule has 0 aliphatic carbocycles. The molecule has 2 N–H and O–H groups in total. The summed E-state index contributed by atoms with van der Waals surface area (Å²) in [4.78, 5) is 26.1. The van der Waals surface area contributed by atoms with Gasteiger partial charge in [0.25, 0.3) is 0 Å². The van der Waals surface area contributed by atoms with Crippen LogP contribution < -0.4 is 5.32 Å². The summed E-state index contributed by atoms with van der Waals surface area (Å²) in [5.41, 5.74) is 1.41. The second kappa shape index (κ2) is 8.31. The van der Waals surface area contributed by atoms with E-state index in [9.17, 15) is 9.59 Å². The molecule has 1 heterocycles. The first-order valence-corrected chi connectivity index (χ1v) is 7.19. The van der Waals surface area contributed by atoms with Gasteiger partial charge in [-0.1, -0.05) is 19.4 Å².